The molecule has 3 atom stereocenters. The van der Waals surface area contributed by atoms with Gasteiger partial charge in [-0.3, -0.25) is 9.59 Å². The lowest BCUT2D eigenvalue weighted by atomic mass is 10.0. The molecule has 1 saturated carbocycles. The summed E-state index contributed by atoms with van der Waals surface area (Å²) in [6.45, 7) is 2.00. The summed E-state index contributed by atoms with van der Waals surface area (Å²) in [5, 5.41) is 12.7. The topological polar surface area (TPSA) is 66.4 Å². The van der Waals surface area contributed by atoms with E-state index >= 15 is 0 Å². The molecule has 0 heterocycles. The van der Waals surface area contributed by atoms with Crippen LogP contribution in [0.3, 0.4) is 0 Å². The minimum Gasteiger partial charge on any atom is -0.481 e. The van der Waals surface area contributed by atoms with Crippen molar-refractivity contribution < 1.29 is 14.7 Å². The summed E-state index contributed by atoms with van der Waals surface area (Å²) in [6.07, 6.45) is 2.43. The van der Waals surface area contributed by atoms with Gasteiger partial charge in [-0.15, -0.1) is 0 Å². The van der Waals surface area contributed by atoms with Crippen LogP contribution in [0.1, 0.15) is 44.2 Å². The Labute approximate surface area is 129 Å². The smallest absolute Gasteiger partial charge is 0.306 e. The van der Waals surface area contributed by atoms with Gasteiger partial charge in [-0.05, 0) is 43.4 Å². The third-order valence-electron chi connectivity index (χ3n) is 4.13. The molecule has 0 aliphatic heterocycles. The molecule has 1 aromatic carbocycles. The summed E-state index contributed by atoms with van der Waals surface area (Å²) < 4.78 is 0. The molecule has 0 saturated heterocycles. The zero-order valence-corrected chi connectivity index (χ0v) is 12.8. The van der Waals surface area contributed by atoms with E-state index in [1.807, 2.05) is 25.1 Å². The van der Waals surface area contributed by atoms with Crippen molar-refractivity contribution in [1.29, 1.82) is 0 Å². The molecule has 1 unspecified atom stereocenters. The van der Waals surface area contributed by atoms with E-state index in [1.165, 1.54) is 0 Å². The summed E-state index contributed by atoms with van der Waals surface area (Å²) in [5.74, 6) is -1.43. The SMILES string of the molecule is CCC(NC(=O)[C@@H]1CC[C@H](C(=O)O)C1)c1cccc(Cl)c1. The van der Waals surface area contributed by atoms with E-state index in [0.717, 1.165) is 12.0 Å². The maximum Gasteiger partial charge on any atom is 0.306 e. The minimum absolute atomic E-state index is 0.0504. The number of carbonyl (C=O) groups is 2. The molecule has 0 radical (unpaired) electrons. The molecular weight excluding hydrogens is 290 g/mol. The number of aliphatic carboxylic acids is 1. The van der Waals surface area contributed by atoms with Gasteiger partial charge in [-0.25, -0.2) is 0 Å². The summed E-state index contributed by atoms with van der Waals surface area (Å²) in [5.41, 5.74) is 0.978. The van der Waals surface area contributed by atoms with E-state index < -0.39 is 5.97 Å². The number of benzene rings is 1. The number of rotatable bonds is 5. The molecule has 1 fully saturated rings. The first-order valence-corrected chi connectivity index (χ1v) is 7.67. The Morgan fingerprint density at radius 3 is 2.67 bits per heavy atom. The average molecular weight is 310 g/mol. The van der Waals surface area contributed by atoms with Crippen molar-refractivity contribution in [3.63, 3.8) is 0 Å². The molecule has 114 valence electrons. The molecule has 4 nitrogen and oxygen atoms in total. The third kappa shape index (κ3) is 3.97. The number of nitrogens with one attached hydrogen (secondary N) is 1. The number of carboxylic acids is 1. The first kappa shape index (κ1) is 15.8. The fourth-order valence-corrected chi connectivity index (χ4v) is 3.08. The fourth-order valence-electron chi connectivity index (χ4n) is 2.88. The second kappa shape index (κ2) is 6.94. The zero-order valence-electron chi connectivity index (χ0n) is 12.0. The van der Waals surface area contributed by atoms with Gasteiger partial charge in [0.05, 0.1) is 12.0 Å². The zero-order chi connectivity index (χ0) is 15.4. The van der Waals surface area contributed by atoms with Gasteiger partial charge in [0.25, 0.3) is 0 Å². The second-order valence-corrected chi connectivity index (χ2v) is 6.01. The van der Waals surface area contributed by atoms with Gasteiger partial charge in [0.1, 0.15) is 0 Å². The average Bonchev–Trinajstić information content (AvgIpc) is 2.94. The van der Waals surface area contributed by atoms with Crippen LogP contribution in [0, 0.1) is 11.8 Å². The largest absolute Gasteiger partial charge is 0.481 e. The first-order valence-electron chi connectivity index (χ1n) is 7.30. The second-order valence-electron chi connectivity index (χ2n) is 5.57. The van der Waals surface area contributed by atoms with Gasteiger partial charge in [0.15, 0.2) is 0 Å². The third-order valence-corrected chi connectivity index (χ3v) is 4.36. The highest BCUT2D eigenvalue weighted by atomic mass is 35.5. The van der Waals surface area contributed by atoms with Gasteiger partial charge in [0, 0.05) is 10.9 Å². The highest BCUT2D eigenvalue weighted by Crippen LogP contribution is 2.32. The first-order chi connectivity index (χ1) is 10.0. The van der Waals surface area contributed by atoms with Gasteiger partial charge < -0.3 is 10.4 Å². The molecular formula is C16H20ClNO3. The van der Waals surface area contributed by atoms with Gasteiger partial charge in [0.2, 0.25) is 5.91 Å². The number of carbonyl (C=O) groups excluding carboxylic acids is 1. The summed E-state index contributed by atoms with van der Waals surface area (Å²) >= 11 is 5.99. The number of halogens is 1. The van der Waals surface area contributed by atoms with Crippen molar-refractivity contribution in [3.05, 3.63) is 34.9 Å². The molecule has 1 aliphatic carbocycles. The van der Waals surface area contributed by atoms with Crippen LogP contribution >= 0.6 is 11.6 Å². The van der Waals surface area contributed by atoms with Gasteiger partial charge in [-0.1, -0.05) is 30.7 Å². The van der Waals surface area contributed by atoms with Crippen molar-refractivity contribution >= 4 is 23.5 Å². The molecule has 21 heavy (non-hydrogen) atoms. The number of hydrogen-bond acceptors (Lipinski definition) is 2. The lowest BCUT2D eigenvalue weighted by molar-refractivity contribution is -0.141. The molecule has 0 bridgehead atoms. The summed E-state index contributed by atoms with van der Waals surface area (Å²) in [7, 11) is 0. The van der Waals surface area contributed by atoms with E-state index in [1.54, 1.807) is 6.07 Å². The minimum atomic E-state index is -0.799. The van der Waals surface area contributed by atoms with Crippen LogP contribution in [-0.4, -0.2) is 17.0 Å². The Hall–Kier alpha value is -1.55. The predicted molar refractivity (Wildman–Crippen MR) is 81.1 cm³/mol. The van der Waals surface area contributed by atoms with Crippen molar-refractivity contribution in [2.24, 2.45) is 11.8 Å². The standard InChI is InChI=1S/C16H20ClNO3/c1-2-14(10-4-3-5-13(17)9-10)18-15(19)11-6-7-12(8-11)16(20)21/h3-5,9,11-12,14H,2,6-8H2,1H3,(H,18,19)(H,20,21)/t11-,12+,14?/m1/s1. The van der Waals surface area contributed by atoms with Crippen LogP contribution in [-0.2, 0) is 9.59 Å². The van der Waals surface area contributed by atoms with Crippen molar-refractivity contribution in [2.45, 2.75) is 38.6 Å². The molecule has 2 rings (SSSR count). The van der Waals surface area contributed by atoms with Crippen LogP contribution in [0.5, 0.6) is 0 Å². The molecule has 1 aliphatic rings. The van der Waals surface area contributed by atoms with E-state index in [-0.39, 0.29) is 23.8 Å². The highest BCUT2D eigenvalue weighted by Gasteiger charge is 2.34. The normalized spacial score (nSPS) is 22.8. The van der Waals surface area contributed by atoms with Crippen LogP contribution in [0.4, 0.5) is 0 Å². The predicted octanol–water partition coefficient (Wildman–Crippen LogP) is 3.41. The van der Waals surface area contributed by atoms with E-state index in [9.17, 15) is 9.59 Å². The number of hydrogen-bond donors (Lipinski definition) is 2. The molecule has 1 aromatic rings. The van der Waals surface area contributed by atoms with E-state index in [0.29, 0.717) is 24.3 Å². The quantitative estimate of drug-likeness (QED) is 0.876. The molecule has 0 aromatic heterocycles. The van der Waals surface area contributed by atoms with Crippen LogP contribution in [0.15, 0.2) is 24.3 Å². The highest BCUT2D eigenvalue weighted by molar-refractivity contribution is 6.30. The number of amides is 1. The Kier molecular flexibility index (Phi) is 5.23. The maximum absolute atomic E-state index is 12.3. The molecule has 5 heteroatoms. The van der Waals surface area contributed by atoms with Gasteiger partial charge >= 0.3 is 5.97 Å². The van der Waals surface area contributed by atoms with Crippen LogP contribution in [0.2, 0.25) is 5.02 Å². The van der Waals surface area contributed by atoms with Crippen molar-refractivity contribution in [2.75, 3.05) is 0 Å². The Balaban J connectivity index is 1.99. The monoisotopic (exact) mass is 309 g/mol. The molecule has 0 spiro atoms. The van der Waals surface area contributed by atoms with Crippen LogP contribution in [0.25, 0.3) is 0 Å². The Morgan fingerprint density at radius 1 is 1.38 bits per heavy atom. The molecule has 1 amide bonds. The van der Waals surface area contributed by atoms with Crippen molar-refractivity contribution in [1.82, 2.24) is 5.32 Å². The molecule has 2 N–H and O–H groups in total. The van der Waals surface area contributed by atoms with E-state index in [4.69, 9.17) is 16.7 Å². The van der Waals surface area contributed by atoms with E-state index in [2.05, 4.69) is 5.32 Å². The lowest BCUT2D eigenvalue weighted by Crippen LogP contribution is -2.33. The maximum atomic E-state index is 12.3. The fraction of sp³-hybridized carbons (Fsp3) is 0.500. The van der Waals surface area contributed by atoms with Crippen LogP contribution < -0.4 is 5.32 Å². The Bertz CT molecular complexity index is 532. The number of carboxylic acid groups (broad SMARTS) is 1. The summed E-state index contributed by atoms with van der Waals surface area (Å²) in [6, 6.07) is 7.37. The summed E-state index contributed by atoms with van der Waals surface area (Å²) in [4.78, 5) is 23.3. The van der Waals surface area contributed by atoms with Gasteiger partial charge in [-0.2, -0.15) is 0 Å². The lowest BCUT2D eigenvalue weighted by Gasteiger charge is -2.20. The Morgan fingerprint density at radius 2 is 2.10 bits per heavy atom. The van der Waals surface area contributed by atoms with Crippen molar-refractivity contribution in [3.8, 4) is 0 Å².